The lowest BCUT2D eigenvalue weighted by Gasteiger charge is -2.10. The number of halogens is 1. The summed E-state index contributed by atoms with van der Waals surface area (Å²) in [4.78, 5) is 29.9. The topological polar surface area (TPSA) is 71.1 Å². The molecular formula is C19H14BrN3O2S. The van der Waals surface area contributed by atoms with E-state index in [-0.39, 0.29) is 0 Å². The third-order valence-corrected chi connectivity index (χ3v) is 5.10. The zero-order valence-electron chi connectivity index (χ0n) is 13.5. The van der Waals surface area contributed by atoms with Gasteiger partial charge in [-0.3, -0.25) is 20.4 Å². The van der Waals surface area contributed by atoms with Crippen molar-refractivity contribution in [3.8, 4) is 0 Å². The molecule has 0 aliphatic heterocycles. The third kappa shape index (κ3) is 4.50. The molecule has 130 valence electrons. The molecule has 0 unspecified atom stereocenters. The summed E-state index contributed by atoms with van der Waals surface area (Å²) in [6, 6.07) is 20.0. The lowest BCUT2D eigenvalue weighted by Crippen LogP contribution is -2.42. The van der Waals surface area contributed by atoms with Crippen LogP contribution in [0.5, 0.6) is 0 Å². The SMILES string of the molecule is O=C(NNC(=O)c1cccnc1Sc1ccccc1)c1ccccc1Br. The Morgan fingerprint density at radius 1 is 0.808 bits per heavy atom. The quantitative estimate of drug-likeness (QED) is 0.615. The van der Waals surface area contributed by atoms with Crippen LogP contribution in [-0.4, -0.2) is 16.8 Å². The molecule has 1 aromatic heterocycles. The molecule has 0 saturated carbocycles. The van der Waals surface area contributed by atoms with Crippen LogP contribution in [0.1, 0.15) is 20.7 Å². The van der Waals surface area contributed by atoms with E-state index in [1.807, 2.05) is 36.4 Å². The number of aromatic nitrogens is 1. The minimum absolute atomic E-state index is 0.383. The number of nitrogens with one attached hydrogen (secondary N) is 2. The van der Waals surface area contributed by atoms with E-state index in [0.29, 0.717) is 20.6 Å². The monoisotopic (exact) mass is 427 g/mol. The maximum absolute atomic E-state index is 12.5. The first kappa shape index (κ1) is 18.2. The van der Waals surface area contributed by atoms with E-state index >= 15 is 0 Å². The smallest absolute Gasteiger partial charge is 0.267 e. The molecule has 26 heavy (non-hydrogen) atoms. The predicted molar refractivity (Wildman–Crippen MR) is 104 cm³/mol. The fraction of sp³-hybridized carbons (Fsp3) is 0. The molecule has 3 aromatic rings. The molecule has 5 nitrogen and oxygen atoms in total. The summed E-state index contributed by atoms with van der Waals surface area (Å²) in [6.07, 6.45) is 1.63. The zero-order valence-corrected chi connectivity index (χ0v) is 15.9. The van der Waals surface area contributed by atoms with Crippen LogP contribution in [0.15, 0.2) is 87.3 Å². The molecule has 2 amide bonds. The first-order chi connectivity index (χ1) is 12.6. The maximum Gasteiger partial charge on any atom is 0.272 e. The van der Waals surface area contributed by atoms with E-state index < -0.39 is 11.8 Å². The van der Waals surface area contributed by atoms with Crippen molar-refractivity contribution in [2.24, 2.45) is 0 Å². The molecule has 0 fully saturated rings. The van der Waals surface area contributed by atoms with Crippen LogP contribution in [-0.2, 0) is 0 Å². The fourth-order valence-electron chi connectivity index (χ4n) is 2.14. The number of pyridine rings is 1. The van der Waals surface area contributed by atoms with Gasteiger partial charge in [-0.05, 0) is 52.3 Å². The molecule has 0 spiro atoms. The Kier molecular flexibility index (Phi) is 6.04. The Morgan fingerprint density at radius 2 is 1.42 bits per heavy atom. The average Bonchev–Trinajstić information content (AvgIpc) is 2.67. The van der Waals surface area contributed by atoms with Gasteiger partial charge in [0.2, 0.25) is 0 Å². The van der Waals surface area contributed by atoms with Crippen molar-refractivity contribution in [1.82, 2.24) is 15.8 Å². The van der Waals surface area contributed by atoms with Gasteiger partial charge in [-0.15, -0.1) is 0 Å². The number of amides is 2. The molecule has 0 radical (unpaired) electrons. The van der Waals surface area contributed by atoms with Gasteiger partial charge >= 0.3 is 0 Å². The Balaban J connectivity index is 1.70. The summed E-state index contributed by atoms with van der Waals surface area (Å²) in [5, 5.41) is 0.561. The molecule has 7 heteroatoms. The minimum Gasteiger partial charge on any atom is -0.267 e. The van der Waals surface area contributed by atoms with Crippen molar-refractivity contribution < 1.29 is 9.59 Å². The standard InChI is InChI=1S/C19H14BrN3O2S/c20-16-11-5-4-9-14(16)17(24)22-23-18(25)15-10-6-12-21-19(15)26-13-7-2-1-3-8-13/h1-12H,(H,22,24)(H,23,25). The molecule has 1 heterocycles. The van der Waals surface area contributed by atoms with Crippen LogP contribution >= 0.6 is 27.7 Å². The van der Waals surface area contributed by atoms with Crippen molar-refractivity contribution in [3.05, 3.63) is 88.5 Å². The molecule has 0 aliphatic carbocycles. The normalized spacial score (nSPS) is 10.2. The number of hydrogen-bond donors (Lipinski definition) is 2. The van der Waals surface area contributed by atoms with Crippen LogP contribution in [0.25, 0.3) is 0 Å². The van der Waals surface area contributed by atoms with Crippen molar-refractivity contribution in [1.29, 1.82) is 0 Å². The fourth-order valence-corrected chi connectivity index (χ4v) is 3.50. The minimum atomic E-state index is -0.433. The Hall–Kier alpha value is -2.64. The number of hydrogen-bond acceptors (Lipinski definition) is 4. The highest BCUT2D eigenvalue weighted by atomic mass is 79.9. The highest BCUT2D eigenvalue weighted by Crippen LogP contribution is 2.28. The Morgan fingerprint density at radius 3 is 2.15 bits per heavy atom. The van der Waals surface area contributed by atoms with Gasteiger partial charge in [0.05, 0.1) is 11.1 Å². The number of carbonyl (C=O) groups excluding carboxylic acids is 2. The number of benzene rings is 2. The lowest BCUT2D eigenvalue weighted by molar-refractivity contribution is 0.0844. The van der Waals surface area contributed by atoms with E-state index in [1.165, 1.54) is 11.8 Å². The van der Waals surface area contributed by atoms with Crippen molar-refractivity contribution in [3.63, 3.8) is 0 Å². The van der Waals surface area contributed by atoms with Crippen molar-refractivity contribution >= 4 is 39.5 Å². The molecule has 0 aliphatic rings. The number of rotatable bonds is 4. The zero-order chi connectivity index (χ0) is 18.4. The Labute approximate surface area is 163 Å². The molecule has 0 saturated heterocycles. The van der Waals surface area contributed by atoms with Gasteiger partial charge in [0, 0.05) is 15.6 Å². The van der Waals surface area contributed by atoms with Crippen molar-refractivity contribution in [2.45, 2.75) is 9.92 Å². The van der Waals surface area contributed by atoms with E-state index in [0.717, 1.165) is 4.90 Å². The Bertz CT molecular complexity index is 935. The van der Waals surface area contributed by atoms with Crippen LogP contribution in [0, 0.1) is 0 Å². The number of carbonyl (C=O) groups is 2. The summed E-state index contributed by atoms with van der Waals surface area (Å²) >= 11 is 4.69. The van der Waals surface area contributed by atoms with Crippen LogP contribution in [0.4, 0.5) is 0 Å². The highest BCUT2D eigenvalue weighted by Gasteiger charge is 2.15. The van der Waals surface area contributed by atoms with Crippen LogP contribution in [0.3, 0.4) is 0 Å². The van der Waals surface area contributed by atoms with Gasteiger partial charge in [-0.25, -0.2) is 4.98 Å². The highest BCUT2D eigenvalue weighted by molar-refractivity contribution is 9.10. The van der Waals surface area contributed by atoms with E-state index in [9.17, 15) is 9.59 Å². The summed E-state index contributed by atoms with van der Waals surface area (Å²) in [5.74, 6) is -0.844. The van der Waals surface area contributed by atoms with E-state index in [1.54, 1.807) is 36.5 Å². The van der Waals surface area contributed by atoms with Gasteiger partial charge in [0.25, 0.3) is 11.8 Å². The van der Waals surface area contributed by atoms with Gasteiger partial charge in [0.1, 0.15) is 5.03 Å². The van der Waals surface area contributed by atoms with Gasteiger partial charge in [-0.1, -0.05) is 42.1 Å². The average molecular weight is 428 g/mol. The molecule has 0 bridgehead atoms. The maximum atomic E-state index is 12.5. The third-order valence-electron chi connectivity index (χ3n) is 3.38. The first-order valence-corrected chi connectivity index (χ1v) is 9.29. The molecular weight excluding hydrogens is 414 g/mol. The summed E-state index contributed by atoms with van der Waals surface area (Å²) in [7, 11) is 0. The second-order valence-corrected chi connectivity index (χ2v) is 7.08. The van der Waals surface area contributed by atoms with E-state index in [4.69, 9.17) is 0 Å². The summed E-state index contributed by atoms with van der Waals surface area (Å²) < 4.78 is 0.647. The van der Waals surface area contributed by atoms with Crippen LogP contribution in [0.2, 0.25) is 0 Å². The number of nitrogens with zero attached hydrogens (tertiary/aromatic N) is 1. The van der Waals surface area contributed by atoms with Gasteiger partial charge in [-0.2, -0.15) is 0 Å². The predicted octanol–water partition coefficient (Wildman–Crippen LogP) is 4.07. The summed E-state index contributed by atoms with van der Waals surface area (Å²) in [5.41, 5.74) is 5.67. The van der Waals surface area contributed by atoms with E-state index in [2.05, 4.69) is 31.8 Å². The van der Waals surface area contributed by atoms with Crippen molar-refractivity contribution in [2.75, 3.05) is 0 Å². The lowest BCUT2D eigenvalue weighted by atomic mass is 10.2. The second-order valence-electron chi connectivity index (χ2n) is 5.16. The summed E-state index contributed by atoms with van der Waals surface area (Å²) in [6.45, 7) is 0. The first-order valence-electron chi connectivity index (χ1n) is 7.68. The van der Waals surface area contributed by atoms with Crippen LogP contribution < -0.4 is 10.9 Å². The van der Waals surface area contributed by atoms with Gasteiger partial charge < -0.3 is 0 Å². The molecule has 0 atom stereocenters. The van der Waals surface area contributed by atoms with Gasteiger partial charge in [0.15, 0.2) is 0 Å². The molecule has 2 N–H and O–H groups in total. The largest absolute Gasteiger partial charge is 0.272 e. The molecule has 2 aromatic carbocycles. The molecule has 3 rings (SSSR count). The number of hydrazine groups is 1. The second kappa shape index (κ2) is 8.64.